The third-order valence-corrected chi connectivity index (χ3v) is 4.74. The number of ketones is 1. The van der Waals surface area contributed by atoms with E-state index in [0.717, 1.165) is 39.3 Å². The number of rotatable bonds is 4. The summed E-state index contributed by atoms with van der Waals surface area (Å²) >= 11 is 4.97. The molecule has 20 heavy (non-hydrogen) atoms. The summed E-state index contributed by atoms with van der Waals surface area (Å²) < 4.78 is 6.50. The fourth-order valence-corrected chi connectivity index (χ4v) is 3.18. The smallest absolute Gasteiger partial charge is 0.173 e. The molecule has 0 saturated carbocycles. The fraction of sp³-hybridized carbons (Fsp3) is 0.188. The Balaban J connectivity index is 1.66. The Bertz CT molecular complexity index is 637. The van der Waals surface area contributed by atoms with E-state index < -0.39 is 0 Å². The monoisotopic (exact) mass is 348 g/mol. The van der Waals surface area contributed by atoms with Crippen LogP contribution in [0.2, 0.25) is 0 Å². The van der Waals surface area contributed by atoms with Gasteiger partial charge in [0, 0.05) is 21.4 Å². The lowest BCUT2D eigenvalue weighted by molar-refractivity contribution is 0.102. The van der Waals surface area contributed by atoms with Gasteiger partial charge in [0.2, 0.25) is 0 Å². The van der Waals surface area contributed by atoms with Crippen molar-refractivity contribution in [1.82, 2.24) is 0 Å². The molecule has 0 unspecified atom stereocenters. The molecule has 0 spiro atoms. The van der Waals surface area contributed by atoms with Gasteiger partial charge in [-0.1, -0.05) is 15.9 Å². The maximum Gasteiger partial charge on any atom is 0.173 e. The SMILES string of the molecule is O=C(CSc1ccc(Br)cc1)c1ccc2c(c1)CCO2. The van der Waals surface area contributed by atoms with Crippen LogP contribution in [0.3, 0.4) is 0 Å². The highest BCUT2D eigenvalue weighted by atomic mass is 79.9. The third-order valence-electron chi connectivity index (χ3n) is 3.19. The number of fused-ring (bicyclic) bond motifs is 1. The van der Waals surface area contributed by atoms with E-state index in [1.807, 2.05) is 42.5 Å². The quantitative estimate of drug-likeness (QED) is 0.606. The van der Waals surface area contributed by atoms with Crippen LogP contribution in [0.1, 0.15) is 15.9 Å². The Kier molecular flexibility index (Phi) is 4.13. The van der Waals surface area contributed by atoms with Gasteiger partial charge in [0.1, 0.15) is 5.75 Å². The van der Waals surface area contributed by atoms with Crippen LogP contribution < -0.4 is 4.74 Å². The van der Waals surface area contributed by atoms with Gasteiger partial charge in [0.25, 0.3) is 0 Å². The number of hydrogen-bond donors (Lipinski definition) is 0. The standard InChI is InChI=1S/C16H13BrO2S/c17-13-2-4-14(5-3-13)20-10-15(18)11-1-6-16-12(9-11)7-8-19-16/h1-6,9H,7-8,10H2. The number of carbonyl (C=O) groups is 1. The molecule has 102 valence electrons. The molecular formula is C16H13BrO2S. The molecule has 2 aromatic carbocycles. The average Bonchev–Trinajstić information content (AvgIpc) is 2.93. The van der Waals surface area contributed by atoms with Crippen molar-refractivity contribution in [2.24, 2.45) is 0 Å². The maximum atomic E-state index is 12.2. The molecule has 2 nitrogen and oxygen atoms in total. The summed E-state index contributed by atoms with van der Waals surface area (Å²) in [6.45, 7) is 0.723. The van der Waals surface area contributed by atoms with E-state index in [2.05, 4.69) is 15.9 Å². The Morgan fingerprint density at radius 2 is 2.00 bits per heavy atom. The second kappa shape index (κ2) is 6.02. The molecule has 0 amide bonds. The van der Waals surface area contributed by atoms with Crippen molar-refractivity contribution >= 4 is 33.5 Å². The first-order chi connectivity index (χ1) is 9.72. The predicted octanol–water partition coefficient (Wildman–Crippen LogP) is 4.36. The molecule has 1 aliphatic rings. The predicted molar refractivity (Wildman–Crippen MR) is 84.8 cm³/mol. The summed E-state index contributed by atoms with van der Waals surface area (Å²) in [6.07, 6.45) is 0.899. The molecule has 0 saturated heterocycles. The van der Waals surface area contributed by atoms with Crippen LogP contribution in [0.5, 0.6) is 5.75 Å². The first kappa shape index (κ1) is 13.7. The average molecular weight is 349 g/mol. The van der Waals surface area contributed by atoms with E-state index in [1.165, 1.54) is 0 Å². The van der Waals surface area contributed by atoms with Gasteiger partial charge in [-0.05, 0) is 48.0 Å². The third kappa shape index (κ3) is 3.07. The van der Waals surface area contributed by atoms with Crippen molar-refractivity contribution in [3.63, 3.8) is 0 Å². The van der Waals surface area contributed by atoms with Crippen molar-refractivity contribution in [3.8, 4) is 5.75 Å². The van der Waals surface area contributed by atoms with Crippen LogP contribution in [0.15, 0.2) is 51.8 Å². The minimum atomic E-state index is 0.160. The van der Waals surface area contributed by atoms with E-state index >= 15 is 0 Å². The molecule has 0 bridgehead atoms. The summed E-state index contributed by atoms with van der Waals surface area (Å²) in [6, 6.07) is 13.7. The van der Waals surface area contributed by atoms with E-state index in [9.17, 15) is 4.79 Å². The van der Waals surface area contributed by atoms with Crippen LogP contribution in [-0.2, 0) is 6.42 Å². The number of halogens is 1. The second-order valence-corrected chi connectivity index (χ2v) is 6.55. The molecule has 0 aromatic heterocycles. The number of carbonyl (C=O) groups excluding carboxylic acids is 1. The van der Waals surface area contributed by atoms with Crippen LogP contribution >= 0.6 is 27.7 Å². The number of Topliss-reactive ketones (excluding diaryl/α,β-unsaturated/α-hetero) is 1. The molecule has 0 aliphatic carbocycles. The largest absolute Gasteiger partial charge is 0.493 e. The molecule has 0 fully saturated rings. The maximum absolute atomic E-state index is 12.2. The highest BCUT2D eigenvalue weighted by molar-refractivity contribution is 9.10. The Morgan fingerprint density at radius 3 is 2.80 bits per heavy atom. The lowest BCUT2D eigenvalue weighted by Gasteiger charge is -2.04. The van der Waals surface area contributed by atoms with Crippen molar-refractivity contribution in [3.05, 3.63) is 58.1 Å². The van der Waals surface area contributed by atoms with Crippen molar-refractivity contribution in [2.75, 3.05) is 12.4 Å². The fourth-order valence-electron chi connectivity index (χ4n) is 2.12. The first-order valence-corrected chi connectivity index (χ1v) is 8.17. The molecule has 0 atom stereocenters. The van der Waals surface area contributed by atoms with Crippen molar-refractivity contribution in [2.45, 2.75) is 11.3 Å². The van der Waals surface area contributed by atoms with Gasteiger partial charge >= 0.3 is 0 Å². The number of hydrogen-bond acceptors (Lipinski definition) is 3. The molecule has 3 rings (SSSR count). The van der Waals surface area contributed by atoms with Crippen LogP contribution in [0.25, 0.3) is 0 Å². The molecule has 1 heterocycles. The van der Waals surface area contributed by atoms with E-state index in [1.54, 1.807) is 11.8 Å². The number of ether oxygens (including phenoxy) is 1. The number of benzene rings is 2. The molecule has 1 aliphatic heterocycles. The minimum Gasteiger partial charge on any atom is -0.493 e. The molecule has 0 N–H and O–H groups in total. The summed E-state index contributed by atoms with van der Waals surface area (Å²) in [5.41, 5.74) is 1.92. The van der Waals surface area contributed by atoms with Crippen molar-refractivity contribution < 1.29 is 9.53 Å². The molecule has 4 heteroatoms. The molecular weight excluding hydrogens is 336 g/mol. The van der Waals surface area contributed by atoms with Crippen LogP contribution in [-0.4, -0.2) is 18.1 Å². The molecule has 0 radical (unpaired) electrons. The summed E-state index contributed by atoms with van der Waals surface area (Å²) in [5, 5.41) is 0. The summed E-state index contributed by atoms with van der Waals surface area (Å²) in [4.78, 5) is 13.3. The van der Waals surface area contributed by atoms with E-state index in [4.69, 9.17) is 4.74 Å². The zero-order valence-corrected chi connectivity index (χ0v) is 13.2. The van der Waals surface area contributed by atoms with Crippen LogP contribution in [0, 0.1) is 0 Å². The second-order valence-electron chi connectivity index (χ2n) is 4.59. The zero-order valence-electron chi connectivity index (χ0n) is 10.8. The van der Waals surface area contributed by atoms with E-state index in [0.29, 0.717) is 5.75 Å². The lowest BCUT2D eigenvalue weighted by atomic mass is 10.1. The first-order valence-electron chi connectivity index (χ1n) is 6.40. The van der Waals surface area contributed by atoms with E-state index in [-0.39, 0.29) is 5.78 Å². The van der Waals surface area contributed by atoms with Gasteiger partial charge in [-0.3, -0.25) is 4.79 Å². The highest BCUT2D eigenvalue weighted by Crippen LogP contribution is 2.27. The van der Waals surface area contributed by atoms with Gasteiger partial charge in [-0.15, -0.1) is 11.8 Å². The Morgan fingerprint density at radius 1 is 1.20 bits per heavy atom. The van der Waals surface area contributed by atoms with Gasteiger partial charge in [0.05, 0.1) is 12.4 Å². The van der Waals surface area contributed by atoms with Crippen LogP contribution in [0.4, 0.5) is 0 Å². The number of thioether (sulfide) groups is 1. The topological polar surface area (TPSA) is 26.3 Å². The Hall–Kier alpha value is -1.26. The van der Waals surface area contributed by atoms with Gasteiger partial charge in [-0.2, -0.15) is 0 Å². The highest BCUT2D eigenvalue weighted by Gasteiger charge is 2.15. The Labute approximate surface area is 130 Å². The lowest BCUT2D eigenvalue weighted by Crippen LogP contribution is -2.02. The summed E-state index contributed by atoms with van der Waals surface area (Å²) in [5.74, 6) is 1.54. The van der Waals surface area contributed by atoms with Gasteiger partial charge < -0.3 is 4.74 Å². The minimum absolute atomic E-state index is 0.160. The normalized spacial score (nSPS) is 12.8. The van der Waals surface area contributed by atoms with Gasteiger partial charge in [-0.25, -0.2) is 0 Å². The summed E-state index contributed by atoms with van der Waals surface area (Å²) in [7, 11) is 0. The molecule has 2 aromatic rings. The van der Waals surface area contributed by atoms with Crippen molar-refractivity contribution in [1.29, 1.82) is 0 Å². The van der Waals surface area contributed by atoms with Gasteiger partial charge in [0.15, 0.2) is 5.78 Å². The zero-order chi connectivity index (χ0) is 13.9.